The molecule has 0 unspecified atom stereocenters. The van der Waals surface area contributed by atoms with Gasteiger partial charge in [0, 0.05) is 44.4 Å². The van der Waals surface area contributed by atoms with Crippen molar-refractivity contribution in [1.82, 2.24) is 19.6 Å². The Bertz CT molecular complexity index is 957. The van der Waals surface area contributed by atoms with Gasteiger partial charge in [-0.2, -0.15) is 5.10 Å². The zero-order valence-corrected chi connectivity index (χ0v) is 16.4. The van der Waals surface area contributed by atoms with E-state index in [2.05, 4.69) is 5.10 Å². The Morgan fingerprint density at radius 2 is 1.93 bits per heavy atom. The van der Waals surface area contributed by atoms with Gasteiger partial charge < -0.3 is 14.2 Å². The molecule has 1 saturated heterocycles. The Hall–Kier alpha value is -3.35. The number of furan rings is 1. The molecule has 0 spiro atoms. The molecule has 4 rings (SSSR count). The fourth-order valence-corrected chi connectivity index (χ4v) is 3.73. The highest BCUT2D eigenvalue weighted by Gasteiger charge is 2.29. The quantitative estimate of drug-likeness (QED) is 0.669. The summed E-state index contributed by atoms with van der Waals surface area (Å²) < 4.78 is 6.80. The van der Waals surface area contributed by atoms with Crippen LogP contribution in [0.3, 0.4) is 0 Å². The van der Waals surface area contributed by atoms with Crippen LogP contribution in [0.15, 0.2) is 65.7 Å². The van der Waals surface area contributed by atoms with Crippen molar-refractivity contribution in [2.24, 2.45) is 5.92 Å². The Morgan fingerprint density at radius 1 is 1.17 bits per heavy atom. The second-order valence-corrected chi connectivity index (χ2v) is 7.40. The number of para-hydroxylation sites is 1. The lowest BCUT2D eigenvalue weighted by molar-refractivity contribution is -0.136. The van der Waals surface area contributed by atoms with Gasteiger partial charge in [-0.05, 0) is 31.0 Å². The maximum atomic E-state index is 12.9. The van der Waals surface area contributed by atoms with Crippen molar-refractivity contribution in [2.75, 3.05) is 20.1 Å². The molecule has 7 heteroatoms. The number of amides is 2. The lowest BCUT2D eigenvalue weighted by Crippen LogP contribution is -2.43. The van der Waals surface area contributed by atoms with Crippen LogP contribution in [0.5, 0.6) is 0 Å². The Balaban J connectivity index is 1.31. The minimum atomic E-state index is -0.0578. The second-order valence-electron chi connectivity index (χ2n) is 7.40. The van der Waals surface area contributed by atoms with Crippen LogP contribution in [0.4, 0.5) is 0 Å². The molecule has 1 aromatic carbocycles. The normalized spacial score (nSPS) is 14.7. The highest BCUT2D eigenvalue weighted by atomic mass is 16.3. The number of piperidine rings is 1. The summed E-state index contributed by atoms with van der Waals surface area (Å²) in [5.74, 6) is 0.0248. The first-order chi connectivity index (χ1) is 14.1. The molecule has 1 aliphatic rings. The lowest BCUT2D eigenvalue weighted by atomic mass is 9.95. The predicted octanol–water partition coefficient (Wildman–Crippen LogP) is 2.98. The third kappa shape index (κ3) is 4.23. The number of hydrogen-bond acceptors (Lipinski definition) is 4. The van der Waals surface area contributed by atoms with E-state index < -0.39 is 0 Å². The summed E-state index contributed by atoms with van der Waals surface area (Å²) in [6, 6.07) is 11.6. The van der Waals surface area contributed by atoms with Crippen molar-refractivity contribution < 1.29 is 14.0 Å². The van der Waals surface area contributed by atoms with Crippen LogP contribution in [0.25, 0.3) is 5.69 Å². The van der Waals surface area contributed by atoms with Crippen molar-refractivity contribution in [2.45, 2.75) is 19.4 Å². The van der Waals surface area contributed by atoms with Crippen LogP contribution in [-0.2, 0) is 11.3 Å². The SMILES string of the molecule is CN(Cc1cnn(-c2ccccc2)c1)C(=O)C1CCN(C(=O)c2ccoc2)CC1. The zero-order valence-electron chi connectivity index (χ0n) is 16.4. The summed E-state index contributed by atoms with van der Waals surface area (Å²) in [6.07, 6.45) is 8.06. The highest BCUT2D eigenvalue weighted by molar-refractivity contribution is 5.94. The zero-order chi connectivity index (χ0) is 20.2. The van der Waals surface area contributed by atoms with Crippen LogP contribution in [0.2, 0.25) is 0 Å². The first kappa shape index (κ1) is 19.0. The average Bonchev–Trinajstić information content (AvgIpc) is 3.46. The molecular formula is C22H24N4O3. The van der Waals surface area contributed by atoms with Crippen molar-refractivity contribution in [1.29, 1.82) is 0 Å². The van der Waals surface area contributed by atoms with E-state index in [1.165, 1.54) is 12.5 Å². The Kier molecular flexibility index (Phi) is 5.46. The average molecular weight is 392 g/mol. The first-order valence-electron chi connectivity index (χ1n) is 9.77. The van der Waals surface area contributed by atoms with Crippen LogP contribution in [-0.4, -0.2) is 51.5 Å². The van der Waals surface area contributed by atoms with Gasteiger partial charge in [-0.25, -0.2) is 4.68 Å². The molecule has 0 bridgehead atoms. The Morgan fingerprint density at radius 3 is 2.62 bits per heavy atom. The van der Waals surface area contributed by atoms with Gasteiger partial charge >= 0.3 is 0 Å². The number of likely N-dealkylation sites (tertiary alicyclic amines) is 1. The molecule has 7 nitrogen and oxygen atoms in total. The van der Waals surface area contributed by atoms with Gasteiger partial charge in [0.15, 0.2) is 0 Å². The molecular weight excluding hydrogens is 368 g/mol. The molecule has 1 fully saturated rings. The molecule has 3 aromatic rings. The fraction of sp³-hybridized carbons (Fsp3) is 0.318. The number of nitrogens with zero attached hydrogens (tertiary/aromatic N) is 4. The summed E-state index contributed by atoms with van der Waals surface area (Å²) in [4.78, 5) is 28.8. The molecule has 2 amide bonds. The largest absolute Gasteiger partial charge is 0.472 e. The number of carbonyl (C=O) groups excluding carboxylic acids is 2. The number of hydrogen-bond donors (Lipinski definition) is 0. The van der Waals surface area contributed by atoms with Crippen molar-refractivity contribution in [3.8, 4) is 5.69 Å². The molecule has 0 radical (unpaired) electrons. The van der Waals surface area contributed by atoms with E-state index in [0.717, 1.165) is 11.3 Å². The van der Waals surface area contributed by atoms with E-state index in [9.17, 15) is 9.59 Å². The molecule has 2 aromatic heterocycles. The van der Waals surface area contributed by atoms with Crippen LogP contribution in [0.1, 0.15) is 28.8 Å². The molecule has 29 heavy (non-hydrogen) atoms. The minimum Gasteiger partial charge on any atom is -0.472 e. The monoisotopic (exact) mass is 392 g/mol. The van der Waals surface area contributed by atoms with Crippen molar-refractivity contribution in [3.63, 3.8) is 0 Å². The standard InChI is InChI=1S/C22H24N4O3/c1-24(14-17-13-23-26(15-17)20-5-3-2-4-6-20)21(27)18-7-10-25(11-8-18)22(28)19-9-12-29-16-19/h2-6,9,12-13,15-16,18H,7-8,10-11,14H2,1H3. The maximum absolute atomic E-state index is 12.9. The first-order valence-corrected chi connectivity index (χ1v) is 9.77. The molecule has 0 saturated carbocycles. The minimum absolute atomic E-state index is 0.0358. The van der Waals surface area contributed by atoms with Gasteiger partial charge in [0.2, 0.25) is 5.91 Å². The molecule has 150 valence electrons. The van der Waals surface area contributed by atoms with Crippen LogP contribution in [0, 0.1) is 5.92 Å². The third-order valence-corrected chi connectivity index (χ3v) is 5.35. The second kappa shape index (κ2) is 8.34. The Labute approximate surface area is 169 Å². The molecule has 0 atom stereocenters. The van der Waals surface area contributed by atoms with Gasteiger partial charge in [0.25, 0.3) is 5.91 Å². The predicted molar refractivity (Wildman–Crippen MR) is 107 cm³/mol. The van der Waals surface area contributed by atoms with E-state index in [0.29, 0.717) is 38.0 Å². The summed E-state index contributed by atoms with van der Waals surface area (Å²) >= 11 is 0. The van der Waals surface area contributed by atoms with Gasteiger partial charge in [-0.1, -0.05) is 18.2 Å². The summed E-state index contributed by atoms with van der Waals surface area (Å²) in [6.45, 7) is 1.68. The fourth-order valence-electron chi connectivity index (χ4n) is 3.73. The van der Waals surface area contributed by atoms with Gasteiger partial charge in [-0.15, -0.1) is 0 Å². The topological polar surface area (TPSA) is 71.6 Å². The van der Waals surface area contributed by atoms with E-state index in [1.807, 2.05) is 48.3 Å². The molecule has 1 aliphatic heterocycles. The smallest absolute Gasteiger partial charge is 0.257 e. The van der Waals surface area contributed by atoms with Gasteiger partial charge in [-0.3, -0.25) is 9.59 Å². The number of benzene rings is 1. The number of aromatic nitrogens is 2. The highest BCUT2D eigenvalue weighted by Crippen LogP contribution is 2.22. The summed E-state index contributed by atoms with van der Waals surface area (Å²) in [7, 11) is 1.82. The van der Waals surface area contributed by atoms with Gasteiger partial charge in [0.05, 0.1) is 23.7 Å². The van der Waals surface area contributed by atoms with Gasteiger partial charge in [0.1, 0.15) is 6.26 Å². The van der Waals surface area contributed by atoms with Crippen molar-refractivity contribution in [3.05, 3.63) is 72.4 Å². The summed E-state index contributed by atoms with van der Waals surface area (Å²) in [5.41, 5.74) is 2.53. The van der Waals surface area contributed by atoms with E-state index >= 15 is 0 Å². The molecule has 0 N–H and O–H groups in total. The molecule has 0 aliphatic carbocycles. The number of carbonyl (C=O) groups is 2. The van der Waals surface area contributed by atoms with Crippen LogP contribution < -0.4 is 0 Å². The summed E-state index contributed by atoms with van der Waals surface area (Å²) in [5, 5.41) is 4.39. The number of rotatable bonds is 5. The third-order valence-electron chi connectivity index (χ3n) is 5.35. The van der Waals surface area contributed by atoms with E-state index in [1.54, 1.807) is 22.1 Å². The molecule has 3 heterocycles. The maximum Gasteiger partial charge on any atom is 0.257 e. The van der Waals surface area contributed by atoms with E-state index in [-0.39, 0.29) is 17.7 Å². The van der Waals surface area contributed by atoms with Crippen molar-refractivity contribution >= 4 is 11.8 Å². The van der Waals surface area contributed by atoms with Crippen LogP contribution >= 0.6 is 0 Å². The lowest BCUT2D eigenvalue weighted by Gasteiger charge is -2.33. The van der Waals surface area contributed by atoms with E-state index in [4.69, 9.17) is 4.42 Å².